The Labute approximate surface area is 193 Å². The third-order valence-corrected chi connectivity index (χ3v) is 9.34. The number of piperidine rings is 1. The zero-order valence-corrected chi connectivity index (χ0v) is 19.9. The maximum absolute atomic E-state index is 12.8. The van der Waals surface area contributed by atoms with Crippen molar-refractivity contribution in [2.75, 3.05) is 34.1 Å². The molecule has 0 radical (unpaired) electrons. The van der Waals surface area contributed by atoms with Gasteiger partial charge in [0.05, 0.1) is 6.20 Å². The fourth-order valence-corrected chi connectivity index (χ4v) is 6.83. The van der Waals surface area contributed by atoms with Crippen LogP contribution in [-0.2, 0) is 31.2 Å². The minimum atomic E-state index is -4.20. The monoisotopic (exact) mass is 494 g/mol. The van der Waals surface area contributed by atoms with Crippen molar-refractivity contribution in [3.05, 3.63) is 47.8 Å². The third kappa shape index (κ3) is 6.20. The maximum atomic E-state index is 12.8. The molecule has 1 N–H and O–H groups in total. The van der Waals surface area contributed by atoms with Crippen molar-refractivity contribution >= 4 is 37.5 Å². The number of nitrogens with zero attached hydrogens (tertiary/aromatic N) is 3. The normalized spacial score (nSPS) is 17.5. The van der Waals surface area contributed by atoms with Gasteiger partial charge in [-0.2, -0.15) is 0 Å². The number of hydrogen-bond donors (Lipinski definition) is 1. The number of sulfonamides is 1. The van der Waals surface area contributed by atoms with Gasteiger partial charge in [-0.1, -0.05) is 30.3 Å². The van der Waals surface area contributed by atoms with Gasteiger partial charge < -0.3 is 9.64 Å². The zero-order chi connectivity index (χ0) is 23.7. The Morgan fingerprint density at radius 3 is 2.36 bits per heavy atom. The van der Waals surface area contributed by atoms with Crippen LogP contribution in [0, 0.1) is 5.41 Å². The van der Waals surface area contributed by atoms with Gasteiger partial charge in [-0.15, -0.1) is 0 Å². The molecule has 2 heterocycles. The summed E-state index contributed by atoms with van der Waals surface area (Å²) in [5, 5.41) is -1.08. The van der Waals surface area contributed by atoms with Crippen LogP contribution in [0.1, 0.15) is 41.7 Å². The molecule has 0 atom stereocenters. The zero-order valence-electron chi connectivity index (χ0n) is 18.2. The van der Waals surface area contributed by atoms with Crippen LogP contribution in [-0.4, -0.2) is 57.2 Å². The molecule has 1 saturated carbocycles. The number of carbonyl (C=O) groups is 1. The van der Waals surface area contributed by atoms with E-state index in [9.17, 15) is 21.6 Å². The van der Waals surface area contributed by atoms with E-state index in [1.807, 2.05) is 35.2 Å². The fraction of sp³-hybridized carbons (Fsp3) is 0.476. The molecule has 0 amide bonds. The second-order valence-corrected chi connectivity index (χ2v) is 13.0. The van der Waals surface area contributed by atoms with Crippen LogP contribution in [0.25, 0.3) is 0 Å². The number of benzene rings is 1. The summed E-state index contributed by atoms with van der Waals surface area (Å²) in [5.74, 6) is -0.596. The number of hydrogen-bond acceptors (Lipinski definition) is 9. The Bertz CT molecular complexity index is 1230. The standard InChI is InChI=1S/C21H26N4O6S2/c1-32(27,28)15-33(29,30)24-17-13-22-18(20(26)31-14-16-5-3-2-4-6-16)19(23-17)25-11-9-21(7-8-21)10-12-25/h2-6,13H,7-12,14-15H2,1H3,(H,23,24). The highest BCUT2D eigenvalue weighted by molar-refractivity contribution is 8.08. The van der Waals surface area contributed by atoms with Gasteiger partial charge in [0.25, 0.3) is 0 Å². The van der Waals surface area contributed by atoms with Crippen molar-refractivity contribution in [3.63, 3.8) is 0 Å². The lowest BCUT2D eigenvalue weighted by Crippen LogP contribution is -2.36. The number of rotatable bonds is 8. The highest BCUT2D eigenvalue weighted by Gasteiger charge is 2.45. The summed E-state index contributed by atoms with van der Waals surface area (Å²) in [6.45, 7) is 1.38. The van der Waals surface area contributed by atoms with E-state index in [0.717, 1.165) is 30.9 Å². The van der Waals surface area contributed by atoms with Crippen molar-refractivity contribution in [2.24, 2.45) is 5.41 Å². The van der Waals surface area contributed by atoms with E-state index in [0.29, 0.717) is 18.5 Å². The van der Waals surface area contributed by atoms with Crippen LogP contribution in [0.4, 0.5) is 11.6 Å². The Balaban J connectivity index is 1.57. The van der Waals surface area contributed by atoms with Crippen molar-refractivity contribution in [1.82, 2.24) is 9.97 Å². The second-order valence-electron chi connectivity index (χ2n) is 8.74. The van der Waals surface area contributed by atoms with Gasteiger partial charge in [0.2, 0.25) is 10.0 Å². The largest absolute Gasteiger partial charge is 0.456 e. The van der Waals surface area contributed by atoms with Gasteiger partial charge in [-0.3, -0.25) is 4.72 Å². The Hall–Kier alpha value is -2.73. The van der Waals surface area contributed by atoms with Crippen LogP contribution in [0.3, 0.4) is 0 Å². The molecule has 1 spiro atoms. The number of anilines is 2. The van der Waals surface area contributed by atoms with Crippen LogP contribution in [0.15, 0.2) is 36.5 Å². The summed E-state index contributed by atoms with van der Waals surface area (Å²) in [5.41, 5.74) is 1.19. The van der Waals surface area contributed by atoms with E-state index < -0.39 is 30.9 Å². The van der Waals surface area contributed by atoms with Crippen molar-refractivity contribution in [1.29, 1.82) is 0 Å². The van der Waals surface area contributed by atoms with Gasteiger partial charge in [0.15, 0.2) is 32.3 Å². The predicted octanol–water partition coefficient (Wildman–Crippen LogP) is 1.96. The molecular formula is C21H26N4O6S2. The number of ether oxygens (including phenoxy) is 1. The molecule has 1 aromatic carbocycles. The molecule has 178 valence electrons. The quantitative estimate of drug-likeness (QED) is 0.546. The summed E-state index contributed by atoms with van der Waals surface area (Å²) in [6, 6.07) is 9.21. The van der Waals surface area contributed by atoms with E-state index in [1.165, 1.54) is 12.8 Å². The van der Waals surface area contributed by atoms with E-state index in [-0.39, 0.29) is 23.9 Å². The first-order valence-electron chi connectivity index (χ1n) is 10.6. The minimum absolute atomic E-state index is 0.0104. The lowest BCUT2D eigenvalue weighted by Gasteiger charge is -2.33. The van der Waals surface area contributed by atoms with Gasteiger partial charge in [-0.25, -0.2) is 31.6 Å². The number of esters is 1. The second kappa shape index (κ2) is 8.90. The first-order valence-corrected chi connectivity index (χ1v) is 14.3. The minimum Gasteiger partial charge on any atom is -0.456 e. The van der Waals surface area contributed by atoms with Crippen molar-refractivity contribution < 1.29 is 26.4 Å². The Morgan fingerprint density at radius 2 is 1.76 bits per heavy atom. The molecule has 2 fully saturated rings. The predicted molar refractivity (Wildman–Crippen MR) is 123 cm³/mol. The molecule has 2 aromatic rings. The Kier molecular flexibility index (Phi) is 6.32. The summed E-state index contributed by atoms with van der Waals surface area (Å²) in [4.78, 5) is 23.2. The lowest BCUT2D eigenvalue weighted by atomic mass is 9.94. The summed E-state index contributed by atoms with van der Waals surface area (Å²) in [7, 11) is -7.98. The number of sulfone groups is 1. The smallest absolute Gasteiger partial charge is 0.361 e. The number of nitrogens with one attached hydrogen (secondary N) is 1. The van der Waals surface area contributed by atoms with Crippen LogP contribution in [0.2, 0.25) is 0 Å². The van der Waals surface area contributed by atoms with Gasteiger partial charge in [0, 0.05) is 19.3 Å². The van der Waals surface area contributed by atoms with Crippen LogP contribution < -0.4 is 9.62 Å². The average molecular weight is 495 g/mol. The van der Waals surface area contributed by atoms with Crippen molar-refractivity contribution in [3.8, 4) is 0 Å². The summed E-state index contributed by atoms with van der Waals surface area (Å²) >= 11 is 0. The van der Waals surface area contributed by atoms with Crippen molar-refractivity contribution in [2.45, 2.75) is 32.3 Å². The third-order valence-electron chi connectivity index (χ3n) is 5.87. The number of aromatic nitrogens is 2. The molecule has 1 aromatic heterocycles. The Morgan fingerprint density at radius 1 is 1.09 bits per heavy atom. The average Bonchev–Trinajstić information content (AvgIpc) is 3.50. The molecule has 1 aliphatic carbocycles. The molecular weight excluding hydrogens is 468 g/mol. The SMILES string of the molecule is CS(=O)(=O)CS(=O)(=O)Nc1cnc(C(=O)OCc2ccccc2)c(N2CCC3(CC2)CC3)n1. The summed E-state index contributed by atoms with van der Waals surface area (Å²) < 4.78 is 54.8. The fourth-order valence-electron chi connectivity index (χ4n) is 3.92. The molecule has 12 heteroatoms. The van der Waals surface area contributed by atoms with Gasteiger partial charge in [-0.05, 0) is 36.7 Å². The molecule has 0 unspecified atom stereocenters. The van der Waals surface area contributed by atoms with Crippen LogP contribution in [0.5, 0.6) is 0 Å². The van der Waals surface area contributed by atoms with E-state index in [4.69, 9.17) is 4.74 Å². The molecule has 4 rings (SSSR count). The molecule has 1 saturated heterocycles. The summed E-state index contributed by atoms with van der Waals surface area (Å²) in [6.07, 6.45) is 6.23. The maximum Gasteiger partial charge on any atom is 0.361 e. The first kappa shape index (κ1) is 23.4. The highest BCUT2D eigenvalue weighted by atomic mass is 32.3. The first-order chi connectivity index (χ1) is 15.5. The highest BCUT2D eigenvalue weighted by Crippen LogP contribution is 2.53. The van der Waals surface area contributed by atoms with E-state index in [1.54, 1.807) is 0 Å². The molecule has 10 nitrogen and oxygen atoms in total. The number of carbonyl (C=O) groups excluding carboxylic acids is 1. The molecule has 1 aliphatic heterocycles. The molecule has 2 aliphatic rings. The van der Waals surface area contributed by atoms with Gasteiger partial charge >= 0.3 is 5.97 Å². The topological polar surface area (TPSA) is 136 Å². The molecule has 33 heavy (non-hydrogen) atoms. The molecule has 0 bridgehead atoms. The van der Waals surface area contributed by atoms with E-state index >= 15 is 0 Å². The van der Waals surface area contributed by atoms with Crippen LogP contribution >= 0.6 is 0 Å². The lowest BCUT2D eigenvalue weighted by molar-refractivity contribution is 0.0466. The van der Waals surface area contributed by atoms with E-state index in [2.05, 4.69) is 14.7 Å². The van der Waals surface area contributed by atoms with Gasteiger partial charge in [0.1, 0.15) is 6.61 Å².